The van der Waals surface area contributed by atoms with Crippen LogP contribution in [0.1, 0.15) is 39.2 Å². The molecule has 116 valence electrons. The van der Waals surface area contributed by atoms with E-state index in [0.29, 0.717) is 18.1 Å². The second-order valence-electron chi connectivity index (χ2n) is 5.34. The lowest BCUT2D eigenvalue weighted by molar-refractivity contribution is -0.150. The molecule has 8 heteroatoms. The molecule has 2 heterocycles. The minimum Gasteiger partial charge on any atom is -0.480 e. The van der Waals surface area contributed by atoms with Gasteiger partial charge >= 0.3 is 5.97 Å². The van der Waals surface area contributed by atoms with Crippen molar-refractivity contribution < 1.29 is 14.7 Å². The second kappa shape index (κ2) is 6.93. The summed E-state index contributed by atoms with van der Waals surface area (Å²) < 4.78 is 1.89. The van der Waals surface area contributed by atoms with Crippen LogP contribution in [0, 0.1) is 0 Å². The average molecular weight is 312 g/mol. The van der Waals surface area contributed by atoms with Gasteiger partial charge in [0.15, 0.2) is 5.16 Å². The Balaban J connectivity index is 1.97. The molecule has 1 aliphatic rings. The number of carboxylic acids is 1. The van der Waals surface area contributed by atoms with Crippen molar-refractivity contribution in [3.63, 3.8) is 0 Å². The first-order valence-electron chi connectivity index (χ1n) is 7.05. The quantitative estimate of drug-likeness (QED) is 0.827. The summed E-state index contributed by atoms with van der Waals surface area (Å²) in [5.41, 5.74) is 0. The Kier molecular flexibility index (Phi) is 5.22. The molecular formula is C13H20N4O3S. The fraction of sp³-hybridized carbons (Fsp3) is 0.692. The molecule has 0 aliphatic carbocycles. The zero-order valence-corrected chi connectivity index (χ0v) is 13.0. The Morgan fingerprint density at radius 1 is 1.48 bits per heavy atom. The van der Waals surface area contributed by atoms with E-state index < -0.39 is 12.0 Å². The smallest absolute Gasteiger partial charge is 0.326 e. The van der Waals surface area contributed by atoms with Crippen molar-refractivity contribution in [2.24, 2.45) is 0 Å². The first-order chi connectivity index (χ1) is 10.0. The first kappa shape index (κ1) is 15.8. The van der Waals surface area contributed by atoms with Gasteiger partial charge in [-0.2, -0.15) is 0 Å². The van der Waals surface area contributed by atoms with Crippen molar-refractivity contribution >= 4 is 23.6 Å². The molecule has 1 N–H and O–H groups in total. The van der Waals surface area contributed by atoms with Crippen LogP contribution in [0.25, 0.3) is 0 Å². The zero-order valence-electron chi connectivity index (χ0n) is 12.2. The van der Waals surface area contributed by atoms with E-state index in [0.717, 1.165) is 12.8 Å². The Labute approximate surface area is 127 Å². The average Bonchev–Trinajstić information content (AvgIpc) is 2.93. The van der Waals surface area contributed by atoms with Gasteiger partial charge in [0.25, 0.3) is 0 Å². The third kappa shape index (κ3) is 3.75. The van der Waals surface area contributed by atoms with Crippen LogP contribution in [0.5, 0.6) is 0 Å². The third-order valence-corrected chi connectivity index (χ3v) is 4.47. The zero-order chi connectivity index (χ0) is 15.4. The Hall–Kier alpha value is -1.57. The number of carbonyl (C=O) groups excluding carboxylic acids is 1. The van der Waals surface area contributed by atoms with E-state index >= 15 is 0 Å². The number of amides is 1. The number of carboxylic acid groups (broad SMARTS) is 1. The highest BCUT2D eigenvalue weighted by Gasteiger charge is 2.31. The summed E-state index contributed by atoms with van der Waals surface area (Å²) >= 11 is 1.30. The first-order valence-corrected chi connectivity index (χ1v) is 8.04. The van der Waals surface area contributed by atoms with Gasteiger partial charge in [0.2, 0.25) is 5.91 Å². The van der Waals surface area contributed by atoms with Crippen LogP contribution < -0.4 is 0 Å². The van der Waals surface area contributed by atoms with Crippen molar-refractivity contribution in [2.75, 3.05) is 12.3 Å². The molecule has 0 radical (unpaired) electrons. The fourth-order valence-corrected chi connectivity index (χ4v) is 3.32. The molecule has 0 spiro atoms. The van der Waals surface area contributed by atoms with Crippen LogP contribution in [0.15, 0.2) is 11.5 Å². The number of rotatable bonds is 5. The SMILES string of the molecule is CC(C)n1cnnc1SCC(=O)N1CCCCC1C(=O)O. The molecule has 1 unspecified atom stereocenters. The predicted molar refractivity (Wildman–Crippen MR) is 78.1 cm³/mol. The number of aliphatic carboxylic acids is 1. The maximum atomic E-state index is 12.3. The van der Waals surface area contributed by atoms with Crippen LogP contribution in [0.2, 0.25) is 0 Å². The van der Waals surface area contributed by atoms with E-state index in [4.69, 9.17) is 0 Å². The fourth-order valence-electron chi connectivity index (χ4n) is 2.39. The van der Waals surface area contributed by atoms with Gasteiger partial charge in [-0.3, -0.25) is 4.79 Å². The van der Waals surface area contributed by atoms with E-state index in [2.05, 4.69) is 10.2 Å². The number of hydrogen-bond donors (Lipinski definition) is 1. The van der Waals surface area contributed by atoms with Crippen molar-refractivity contribution in [3.05, 3.63) is 6.33 Å². The molecule has 0 saturated carbocycles. The lowest BCUT2D eigenvalue weighted by Gasteiger charge is -2.32. The molecule has 1 aromatic rings. The van der Waals surface area contributed by atoms with Gasteiger partial charge in [-0.15, -0.1) is 10.2 Å². The number of nitrogens with zero attached hydrogens (tertiary/aromatic N) is 4. The summed E-state index contributed by atoms with van der Waals surface area (Å²) in [6.07, 6.45) is 3.89. The molecule has 1 saturated heterocycles. The maximum Gasteiger partial charge on any atom is 0.326 e. The van der Waals surface area contributed by atoms with Crippen LogP contribution >= 0.6 is 11.8 Å². The third-order valence-electron chi connectivity index (χ3n) is 3.53. The summed E-state index contributed by atoms with van der Waals surface area (Å²) in [5.74, 6) is -0.876. The molecular weight excluding hydrogens is 292 g/mol. The van der Waals surface area contributed by atoms with E-state index in [1.165, 1.54) is 16.7 Å². The van der Waals surface area contributed by atoms with Crippen LogP contribution in [0.4, 0.5) is 0 Å². The molecule has 1 fully saturated rings. The molecule has 0 aromatic carbocycles. The number of likely N-dealkylation sites (tertiary alicyclic amines) is 1. The van der Waals surface area contributed by atoms with Crippen molar-refractivity contribution in [1.29, 1.82) is 0 Å². The molecule has 1 amide bonds. The van der Waals surface area contributed by atoms with Gasteiger partial charge < -0.3 is 14.6 Å². The predicted octanol–water partition coefficient (Wildman–Crippen LogP) is 1.42. The molecule has 0 bridgehead atoms. The number of carbonyl (C=O) groups is 2. The summed E-state index contributed by atoms with van der Waals surface area (Å²) in [6, 6.07) is -0.464. The number of thioether (sulfide) groups is 1. The summed E-state index contributed by atoms with van der Waals surface area (Å²) in [6.45, 7) is 4.55. The minimum absolute atomic E-state index is 0.148. The largest absolute Gasteiger partial charge is 0.480 e. The van der Waals surface area contributed by atoms with Crippen LogP contribution in [-0.2, 0) is 9.59 Å². The second-order valence-corrected chi connectivity index (χ2v) is 6.28. The molecule has 1 aliphatic heterocycles. The summed E-state index contributed by atoms with van der Waals surface area (Å²) in [5, 5.41) is 17.7. The molecule has 21 heavy (non-hydrogen) atoms. The van der Waals surface area contributed by atoms with Crippen LogP contribution in [-0.4, -0.2) is 55.0 Å². The highest BCUT2D eigenvalue weighted by atomic mass is 32.2. The highest BCUT2D eigenvalue weighted by molar-refractivity contribution is 7.99. The van der Waals surface area contributed by atoms with Crippen molar-refractivity contribution in [3.8, 4) is 0 Å². The maximum absolute atomic E-state index is 12.3. The van der Waals surface area contributed by atoms with Gasteiger partial charge in [-0.25, -0.2) is 4.79 Å². The molecule has 2 rings (SSSR count). The van der Waals surface area contributed by atoms with E-state index in [9.17, 15) is 14.7 Å². The van der Waals surface area contributed by atoms with Gasteiger partial charge in [0, 0.05) is 12.6 Å². The number of piperidine rings is 1. The lowest BCUT2D eigenvalue weighted by atomic mass is 10.0. The Bertz CT molecular complexity index is 517. The standard InChI is InChI=1S/C13H20N4O3S/c1-9(2)17-8-14-15-13(17)21-7-11(18)16-6-4-3-5-10(16)12(19)20/h8-10H,3-7H2,1-2H3,(H,19,20). The van der Waals surface area contributed by atoms with Crippen LogP contribution in [0.3, 0.4) is 0 Å². The summed E-state index contributed by atoms with van der Waals surface area (Å²) in [7, 11) is 0. The number of aromatic nitrogens is 3. The Morgan fingerprint density at radius 2 is 2.24 bits per heavy atom. The normalized spacial score (nSPS) is 19.0. The van der Waals surface area contributed by atoms with Gasteiger partial charge in [0.1, 0.15) is 12.4 Å². The van der Waals surface area contributed by atoms with Gasteiger partial charge in [-0.05, 0) is 33.1 Å². The van der Waals surface area contributed by atoms with E-state index in [-0.39, 0.29) is 17.7 Å². The van der Waals surface area contributed by atoms with Gasteiger partial charge in [0.05, 0.1) is 5.75 Å². The van der Waals surface area contributed by atoms with Crippen molar-refractivity contribution in [1.82, 2.24) is 19.7 Å². The summed E-state index contributed by atoms with van der Waals surface area (Å²) in [4.78, 5) is 25.0. The minimum atomic E-state index is -0.918. The monoisotopic (exact) mass is 312 g/mol. The van der Waals surface area contributed by atoms with Crippen molar-refractivity contribution in [2.45, 2.75) is 50.4 Å². The topological polar surface area (TPSA) is 88.3 Å². The molecule has 7 nitrogen and oxygen atoms in total. The van der Waals surface area contributed by atoms with E-state index in [1.54, 1.807) is 6.33 Å². The molecule has 1 atom stereocenters. The number of hydrogen-bond acceptors (Lipinski definition) is 5. The lowest BCUT2D eigenvalue weighted by Crippen LogP contribution is -2.48. The molecule has 1 aromatic heterocycles. The highest BCUT2D eigenvalue weighted by Crippen LogP contribution is 2.22. The van der Waals surface area contributed by atoms with E-state index in [1.807, 2.05) is 18.4 Å². The van der Waals surface area contributed by atoms with Gasteiger partial charge in [-0.1, -0.05) is 11.8 Å². The Morgan fingerprint density at radius 3 is 2.90 bits per heavy atom.